The number of hydrogen-bond acceptors (Lipinski definition) is 4. The summed E-state index contributed by atoms with van der Waals surface area (Å²) < 4.78 is 1.75. The largest absolute Gasteiger partial charge is 0.366 e. The van der Waals surface area contributed by atoms with Gasteiger partial charge in [-0.1, -0.05) is 19.8 Å². The van der Waals surface area contributed by atoms with Gasteiger partial charge in [-0.05, 0) is 50.3 Å². The summed E-state index contributed by atoms with van der Waals surface area (Å²) in [7, 11) is 0. The summed E-state index contributed by atoms with van der Waals surface area (Å²) in [4.78, 5) is 0. The van der Waals surface area contributed by atoms with Gasteiger partial charge in [0.15, 0.2) is 5.82 Å². The summed E-state index contributed by atoms with van der Waals surface area (Å²) in [5, 5.41) is 16.4. The molecule has 1 aliphatic rings. The normalized spacial score (nSPS) is 22.8. The van der Waals surface area contributed by atoms with E-state index in [1.54, 1.807) is 4.68 Å². The molecular weight excluding hydrogens is 262 g/mol. The van der Waals surface area contributed by atoms with Gasteiger partial charge in [0.05, 0.1) is 5.69 Å². The molecule has 2 atom stereocenters. The van der Waals surface area contributed by atoms with Crippen LogP contribution in [0.4, 0.5) is 5.82 Å². The van der Waals surface area contributed by atoms with Crippen LogP contribution in [0.5, 0.6) is 0 Å². The molecule has 2 aromatic rings. The Hall–Kier alpha value is -1.91. The van der Waals surface area contributed by atoms with E-state index in [0.717, 1.165) is 23.2 Å². The smallest absolute Gasteiger partial charge is 0.175 e. The minimum absolute atomic E-state index is 0.530. The lowest BCUT2D eigenvalue weighted by Crippen LogP contribution is -2.19. The van der Waals surface area contributed by atoms with E-state index in [9.17, 15) is 0 Å². The van der Waals surface area contributed by atoms with Gasteiger partial charge in [0.25, 0.3) is 0 Å². The van der Waals surface area contributed by atoms with Crippen molar-refractivity contribution in [2.75, 3.05) is 5.32 Å². The Morgan fingerprint density at radius 1 is 1.10 bits per heavy atom. The molecular formula is C16H23N5. The van der Waals surface area contributed by atoms with Gasteiger partial charge in [0.2, 0.25) is 0 Å². The zero-order chi connectivity index (χ0) is 14.7. The molecule has 1 saturated carbocycles. The minimum atomic E-state index is 0.530. The predicted molar refractivity (Wildman–Crippen MR) is 83.6 cm³/mol. The highest BCUT2D eigenvalue weighted by atomic mass is 15.3. The van der Waals surface area contributed by atoms with Gasteiger partial charge in [-0.3, -0.25) is 0 Å². The van der Waals surface area contributed by atoms with E-state index in [4.69, 9.17) is 0 Å². The van der Waals surface area contributed by atoms with Crippen LogP contribution < -0.4 is 5.32 Å². The fourth-order valence-corrected chi connectivity index (χ4v) is 2.91. The fourth-order valence-electron chi connectivity index (χ4n) is 2.91. The molecule has 2 heterocycles. The lowest BCUT2D eigenvalue weighted by molar-refractivity contribution is 0.501. The minimum Gasteiger partial charge on any atom is -0.366 e. The maximum Gasteiger partial charge on any atom is 0.175 e. The Morgan fingerprint density at radius 3 is 2.71 bits per heavy atom. The average Bonchev–Trinajstić information content (AvgIpc) is 2.81. The van der Waals surface area contributed by atoms with E-state index in [1.807, 2.05) is 31.3 Å². The zero-order valence-corrected chi connectivity index (χ0v) is 12.8. The molecule has 0 saturated heterocycles. The van der Waals surface area contributed by atoms with Crippen LogP contribution in [-0.2, 0) is 0 Å². The van der Waals surface area contributed by atoms with E-state index in [1.165, 1.54) is 32.1 Å². The third kappa shape index (κ3) is 3.60. The molecule has 1 aliphatic carbocycles. The van der Waals surface area contributed by atoms with Crippen LogP contribution in [0.25, 0.3) is 5.82 Å². The number of rotatable bonds is 3. The standard InChI is InChI=1S/C16H23N5/c1-12-4-3-5-14(7-6-12)17-15-8-9-16(19-18-15)21-11-10-13(2)20-21/h8-12,14H,3-7H2,1-2H3,(H,17,18). The Balaban J connectivity index is 1.64. The first kappa shape index (κ1) is 14.0. The van der Waals surface area contributed by atoms with Crippen molar-refractivity contribution in [3.05, 3.63) is 30.1 Å². The number of anilines is 1. The summed E-state index contributed by atoms with van der Waals surface area (Å²) in [5.41, 5.74) is 0.978. The van der Waals surface area contributed by atoms with Crippen molar-refractivity contribution in [2.24, 2.45) is 5.92 Å². The van der Waals surface area contributed by atoms with Crippen molar-refractivity contribution in [2.45, 2.75) is 52.0 Å². The van der Waals surface area contributed by atoms with Gasteiger partial charge in [0, 0.05) is 12.2 Å². The van der Waals surface area contributed by atoms with Crippen LogP contribution in [0.3, 0.4) is 0 Å². The Kier molecular flexibility index (Phi) is 4.18. The van der Waals surface area contributed by atoms with Crippen LogP contribution in [0.2, 0.25) is 0 Å². The summed E-state index contributed by atoms with van der Waals surface area (Å²) in [6.45, 7) is 4.32. The summed E-state index contributed by atoms with van der Waals surface area (Å²) in [6, 6.07) is 6.44. The molecule has 112 valence electrons. The molecule has 0 radical (unpaired) electrons. The van der Waals surface area contributed by atoms with E-state index < -0.39 is 0 Å². The quantitative estimate of drug-likeness (QED) is 0.879. The first-order valence-electron chi connectivity index (χ1n) is 7.83. The molecule has 0 spiro atoms. The highest BCUT2D eigenvalue weighted by Gasteiger charge is 2.16. The molecule has 5 heteroatoms. The average molecular weight is 285 g/mol. The molecule has 0 bridgehead atoms. The van der Waals surface area contributed by atoms with Crippen molar-refractivity contribution in [1.82, 2.24) is 20.0 Å². The van der Waals surface area contributed by atoms with Crippen LogP contribution in [0, 0.1) is 12.8 Å². The van der Waals surface area contributed by atoms with E-state index in [0.29, 0.717) is 6.04 Å². The second kappa shape index (κ2) is 6.24. The molecule has 3 rings (SSSR count). The van der Waals surface area contributed by atoms with Gasteiger partial charge in [-0.15, -0.1) is 10.2 Å². The number of aryl methyl sites for hydroxylation is 1. The second-order valence-electron chi connectivity index (χ2n) is 6.13. The highest BCUT2D eigenvalue weighted by molar-refractivity contribution is 5.37. The first-order valence-corrected chi connectivity index (χ1v) is 7.83. The molecule has 1 fully saturated rings. The van der Waals surface area contributed by atoms with Gasteiger partial charge in [0.1, 0.15) is 5.82 Å². The summed E-state index contributed by atoms with van der Waals surface area (Å²) in [5.74, 6) is 2.47. The monoisotopic (exact) mass is 285 g/mol. The molecule has 0 aliphatic heterocycles. The summed E-state index contributed by atoms with van der Waals surface area (Å²) >= 11 is 0. The topological polar surface area (TPSA) is 55.6 Å². The zero-order valence-electron chi connectivity index (χ0n) is 12.8. The van der Waals surface area contributed by atoms with Crippen molar-refractivity contribution in [1.29, 1.82) is 0 Å². The molecule has 5 nitrogen and oxygen atoms in total. The van der Waals surface area contributed by atoms with E-state index in [-0.39, 0.29) is 0 Å². The fraction of sp³-hybridized carbons (Fsp3) is 0.562. The van der Waals surface area contributed by atoms with Gasteiger partial charge in [-0.25, -0.2) is 4.68 Å². The Morgan fingerprint density at radius 2 is 2.00 bits per heavy atom. The van der Waals surface area contributed by atoms with Crippen molar-refractivity contribution in [3.63, 3.8) is 0 Å². The molecule has 0 aromatic carbocycles. The first-order chi connectivity index (χ1) is 10.2. The van der Waals surface area contributed by atoms with Gasteiger partial charge < -0.3 is 5.32 Å². The van der Waals surface area contributed by atoms with Gasteiger partial charge in [-0.2, -0.15) is 5.10 Å². The molecule has 2 aromatic heterocycles. The van der Waals surface area contributed by atoms with Gasteiger partial charge >= 0.3 is 0 Å². The number of nitrogens with one attached hydrogen (secondary N) is 1. The van der Waals surface area contributed by atoms with Crippen molar-refractivity contribution >= 4 is 5.82 Å². The SMILES string of the molecule is Cc1ccn(-c2ccc(NC3CCCC(C)CC3)nn2)n1. The second-order valence-corrected chi connectivity index (χ2v) is 6.13. The number of nitrogens with zero attached hydrogens (tertiary/aromatic N) is 4. The Bertz CT molecular complexity index is 575. The Labute approximate surface area is 125 Å². The van der Waals surface area contributed by atoms with Crippen LogP contribution in [0.1, 0.15) is 44.7 Å². The lowest BCUT2D eigenvalue weighted by Gasteiger charge is -2.16. The number of hydrogen-bond donors (Lipinski definition) is 1. The van der Waals surface area contributed by atoms with Crippen LogP contribution in [0.15, 0.2) is 24.4 Å². The predicted octanol–water partition coefficient (Wildman–Crippen LogP) is 3.35. The highest BCUT2D eigenvalue weighted by Crippen LogP contribution is 2.24. The maximum absolute atomic E-state index is 4.34. The third-order valence-electron chi connectivity index (χ3n) is 4.22. The maximum atomic E-state index is 4.34. The number of aromatic nitrogens is 4. The van der Waals surface area contributed by atoms with Crippen molar-refractivity contribution < 1.29 is 0 Å². The molecule has 0 amide bonds. The molecule has 21 heavy (non-hydrogen) atoms. The molecule has 2 unspecified atom stereocenters. The molecule has 1 N–H and O–H groups in total. The van der Waals surface area contributed by atoms with Crippen LogP contribution in [-0.4, -0.2) is 26.0 Å². The van der Waals surface area contributed by atoms with E-state index in [2.05, 4.69) is 27.5 Å². The summed E-state index contributed by atoms with van der Waals surface area (Å²) in [6.07, 6.45) is 8.31. The van der Waals surface area contributed by atoms with Crippen LogP contribution >= 0.6 is 0 Å². The van der Waals surface area contributed by atoms with Crippen molar-refractivity contribution in [3.8, 4) is 5.82 Å². The van der Waals surface area contributed by atoms with E-state index >= 15 is 0 Å². The lowest BCUT2D eigenvalue weighted by atomic mass is 10.0. The third-order valence-corrected chi connectivity index (χ3v) is 4.22.